The van der Waals surface area contributed by atoms with Gasteiger partial charge in [0.15, 0.2) is 17.5 Å². The van der Waals surface area contributed by atoms with Crippen molar-refractivity contribution >= 4 is 28.2 Å². The van der Waals surface area contributed by atoms with E-state index in [0.29, 0.717) is 23.0 Å². The Labute approximate surface area is 167 Å². The Balaban J connectivity index is 1.72. The van der Waals surface area contributed by atoms with Gasteiger partial charge in [-0.3, -0.25) is 14.5 Å². The zero-order chi connectivity index (χ0) is 19.9. The molecule has 1 heterocycles. The second kappa shape index (κ2) is 9.10. The van der Waals surface area contributed by atoms with E-state index in [0.717, 1.165) is 11.3 Å². The van der Waals surface area contributed by atoms with Crippen molar-refractivity contribution in [1.82, 2.24) is 4.98 Å². The van der Waals surface area contributed by atoms with Crippen molar-refractivity contribution in [2.24, 2.45) is 0 Å². The molecule has 0 N–H and O–H groups in total. The molecule has 0 saturated carbocycles. The van der Waals surface area contributed by atoms with E-state index in [9.17, 15) is 9.59 Å². The molecule has 142 valence electrons. The lowest BCUT2D eigenvalue weighted by atomic mass is 10.1. The summed E-state index contributed by atoms with van der Waals surface area (Å²) in [7, 11) is 0. The average molecular weight is 392 g/mol. The SMILES string of the molecule is C=CCN(C(=O)COc1cccc(C(C)=O)c1)c1nc(-c2ccccc2)cs1. The molecule has 0 spiro atoms. The number of benzene rings is 2. The van der Waals surface area contributed by atoms with Crippen LogP contribution in [0.4, 0.5) is 5.13 Å². The molecule has 5 nitrogen and oxygen atoms in total. The van der Waals surface area contributed by atoms with Crippen LogP contribution < -0.4 is 9.64 Å². The molecule has 6 heteroatoms. The molecule has 0 aliphatic rings. The van der Waals surface area contributed by atoms with Crippen LogP contribution in [0, 0.1) is 0 Å². The number of nitrogens with zero attached hydrogens (tertiary/aromatic N) is 2. The fourth-order valence-electron chi connectivity index (χ4n) is 2.57. The zero-order valence-electron chi connectivity index (χ0n) is 15.5. The molecule has 0 atom stereocenters. The topological polar surface area (TPSA) is 59.5 Å². The summed E-state index contributed by atoms with van der Waals surface area (Å²) < 4.78 is 5.60. The third-order valence-electron chi connectivity index (χ3n) is 4.01. The highest BCUT2D eigenvalue weighted by atomic mass is 32.1. The molecule has 0 radical (unpaired) electrons. The van der Waals surface area contributed by atoms with Crippen LogP contribution in [0.15, 0.2) is 72.6 Å². The summed E-state index contributed by atoms with van der Waals surface area (Å²) in [5.74, 6) is 0.187. The molecule has 1 amide bonds. The number of carbonyl (C=O) groups excluding carboxylic acids is 2. The van der Waals surface area contributed by atoms with Gasteiger partial charge in [-0.1, -0.05) is 48.5 Å². The number of thiazole rings is 1. The standard InChI is InChI=1S/C22H20N2O3S/c1-3-12-24(22-23-20(15-28-22)17-8-5-4-6-9-17)21(26)14-27-19-11-7-10-18(13-19)16(2)25/h3-11,13,15H,1,12,14H2,2H3. The predicted molar refractivity (Wildman–Crippen MR) is 112 cm³/mol. The van der Waals surface area contributed by atoms with Crippen molar-refractivity contribution in [1.29, 1.82) is 0 Å². The Kier molecular flexibility index (Phi) is 6.34. The van der Waals surface area contributed by atoms with Crippen molar-refractivity contribution in [3.05, 3.63) is 78.2 Å². The lowest BCUT2D eigenvalue weighted by Gasteiger charge is -2.18. The number of amides is 1. The van der Waals surface area contributed by atoms with Crippen LogP contribution >= 0.6 is 11.3 Å². The van der Waals surface area contributed by atoms with Crippen LogP contribution in [0.1, 0.15) is 17.3 Å². The summed E-state index contributed by atoms with van der Waals surface area (Å²) in [6, 6.07) is 16.6. The zero-order valence-corrected chi connectivity index (χ0v) is 16.3. The lowest BCUT2D eigenvalue weighted by Crippen LogP contribution is -2.35. The Bertz CT molecular complexity index is 982. The molecule has 2 aromatic carbocycles. The highest BCUT2D eigenvalue weighted by Gasteiger charge is 2.19. The van der Waals surface area contributed by atoms with Gasteiger partial charge in [0.1, 0.15) is 5.75 Å². The number of Topliss-reactive ketones (excluding diaryl/α,β-unsaturated/α-hetero) is 1. The summed E-state index contributed by atoms with van der Waals surface area (Å²) in [5.41, 5.74) is 2.35. The van der Waals surface area contributed by atoms with E-state index in [1.54, 1.807) is 35.2 Å². The number of ketones is 1. The minimum absolute atomic E-state index is 0.0544. The Morgan fingerprint density at radius 3 is 2.68 bits per heavy atom. The predicted octanol–water partition coefficient (Wildman–Crippen LogP) is 4.61. The van der Waals surface area contributed by atoms with Gasteiger partial charge in [0.2, 0.25) is 0 Å². The maximum atomic E-state index is 12.7. The Morgan fingerprint density at radius 2 is 1.96 bits per heavy atom. The minimum Gasteiger partial charge on any atom is -0.484 e. The summed E-state index contributed by atoms with van der Waals surface area (Å²) in [6.07, 6.45) is 1.65. The largest absolute Gasteiger partial charge is 0.484 e. The number of aromatic nitrogens is 1. The fourth-order valence-corrected chi connectivity index (χ4v) is 3.43. The van der Waals surface area contributed by atoms with Gasteiger partial charge in [0.05, 0.1) is 5.69 Å². The quantitative estimate of drug-likeness (QED) is 0.415. The summed E-state index contributed by atoms with van der Waals surface area (Å²) >= 11 is 1.39. The second-order valence-electron chi connectivity index (χ2n) is 6.05. The van der Waals surface area contributed by atoms with E-state index in [2.05, 4.69) is 11.6 Å². The van der Waals surface area contributed by atoms with Gasteiger partial charge in [-0.05, 0) is 19.1 Å². The normalized spacial score (nSPS) is 10.3. The molecular formula is C22H20N2O3S. The van der Waals surface area contributed by atoms with Gasteiger partial charge in [0, 0.05) is 23.1 Å². The van der Waals surface area contributed by atoms with E-state index < -0.39 is 0 Å². The maximum absolute atomic E-state index is 12.7. The fraction of sp³-hybridized carbons (Fsp3) is 0.136. The summed E-state index contributed by atoms with van der Waals surface area (Å²) in [5, 5.41) is 2.51. The molecule has 1 aromatic heterocycles. The first-order valence-corrected chi connectivity index (χ1v) is 9.62. The third kappa shape index (κ3) is 4.72. The van der Waals surface area contributed by atoms with Gasteiger partial charge < -0.3 is 4.74 Å². The third-order valence-corrected chi connectivity index (χ3v) is 4.87. The number of hydrogen-bond acceptors (Lipinski definition) is 5. The van der Waals surface area contributed by atoms with Crippen LogP contribution in [0.5, 0.6) is 5.75 Å². The van der Waals surface area contributed by atoms with Crippen LogP contribution in [-0.2, 0) is 4.79 Å². The summed E-state index contributed by atoms with van der Waals surface area (Å²) in [6.45, 7) is 5.39. The molecule has 0 fully saturated rings. The smallest absolute Gasteiger partial charge is 0.266 e. The van der Waals surface area contributed by atoms with Crippen molar-refractivity contribution in [3.63, 3.8) is 0 Å². The molecule has 28 heavy (non-hydrogen) atoms. The van der Waals surface area contributed by atoms with Crippen molar-refractivity contribution < 1.29 is 14.3 Å². The molecule has 3 aromatic rings. The number of anilines is 1. The monoisotopic (exact) mass is 392 g/mol. The first kappa shape index (κ1) is 19.5. The van der Waals surface area contributed by atoms with Gasteiger partial charge >= 0.3 is 0 Å². The molecule has 0 aliphatic carbocycles. The number of carbonyl (C=O) groups is 2. The van der Waals surface area contributed by atoms with Crippen molar-refractivity contribution in [3.8, 4) is 17.0 Å². The highest BCUT2D eigenvalue weighted by molar-refractivity contribution is 7.14. The number of hydrogen-bond donors (Lipinski definition) is 0. The average Bonchev–Trinajstić information content (AvgIpc) is 3.21. The van der Waals surface area contributed by atoms with E-state index >= 15 is 0 Å². The Morgan fingerprint density at radius 1 is 1.18 bits per heavy atom. The van der Waals surface area contributed by atoms with E-state index in [1.165, 1.54) is 18.3 Å². The van der Waals surface area contributed by atoms with Gasteiger partial charge in [-0.25, -0.2) is 4.98 Å². The van der Waals surface area contributed by atoms with Crippen LogP contribution in [0.25, 0.3) is 11.3 Å². The van der Waals surface area contributed by atoms with E-state index in [4.69, 9.17) is 4.74 Å². The molecule has 0 unspecified atom stereocenters. The molecule has 0 aliphatic heterocycles. The molecule has 3 rings (SSSR count). The Hall–Kier alpha value is -3.25. The first-order chi connectivity index (χ1) is 13.6. The highest BCUT2D eigenvalue weighted by Crippen LogP contribution is 2.27. The maximum Gasteiger partial charge on any atom is 0.266 e. The summed E-state index contributed by atoms with van der Waals surface area (Å²) in [4.78, 5) is 30.3. The van der Waals surface area contributed by atoms with Crippen molar-refractivity contribution in [2.45, 2.75) is 6.92 Å². The minimum atomic E-state index is -0.234. The molecule has 0 saturated heterocycles. The number of ether oxygens (including phenoxy) is 1. The van der Waals surface area contributed by atoms with Crippen molar-refractivity contribution in [2.75, 3.05) is 18.1 Å². The van der Waals surface area contributed by atoms with Crippen LogP contribution in [0.2, 0.25) is 0 Å². The van der Waals surface area contributed by atoms with E-state index in [1.807, 2.05) is 35.7 Å². The lowest BCUT2D eigenvalue weighted by molar-refractivity contribution is -0.120. The van der Waals surface area contributed by atoms with Crippen LogP contribution in [0.3, 0.4) is 0 Å². The van der Waals surface area contributed by atoms with E-state index in [-0.39, 0.29) is 18.3 Å². The second-order valence-corrected chi connectivity index (χ2v) is 6.88. The van der Waals surface area contributed by atoms with Crippen LogP contribution in [-0.4, -0.2) is 29.8 Å². The van der Waals surface area contributed by atoms with Gasteiger partial charge in [-0.2, -0.15) is 0 Å². The first-order valence-electron chi connectivity index (χ1n) is 8.74. The number of rotatable bonds is 8. The molecule has 0 bridgehead atoms. The van der Waals surface area contributed by atoms with Gasteiger partial charge in [0.25, 0.3) is 5.91 Å². The molecular weight excluding hydrogens is 372 g/mol. The van der Waals surface area contributed by atoms with Gasteiger partial charge in [-0.15, -0.1) is 17.9 Å².